The summed E-state index contributed by atoms with van der Waals surface area (Å²) in [4.78, 5) is 0.672. The fourth-order valence-electron chi connectivity index (χ4n) is 0.672. The second-order valence-electron chi connectivity index (χ2n) is 2.11. The zero-order valence-corrected chi connectivity index (χ0v) is 6.52. The molecule has 0 N–H and O–H groups in total. The Bertz CT molecular complexity index is 331. The molecule has 1 nitrogen and oxygen atoms in total. The first-order valence-electron chi connectivity index (χ1n) is 2.93. The summed E-state index contributed by atoms with van der Waals surface area (Å²) in [6.07, 6.45) is 0. The zero-order chi connectivity index (χ0) is 7.56. The summed E-state index contributed by atoms with van der Waals surface area (Å²) in [7, 11) is -1.34. The van der Waals surface area contributed by atoms with Gasteiger partial charge in [-0.2, -0.15) is 0 Å². The molecule has 2 heteroatoms. The Morgan fingerprint density at radius 2 is 1.80 bits per heavy atom. The molecule has 0 saturated carbocycles. The third kappa shape index (κ3) is 1.50. The first-order chi connectivity index (χ1) is 4.70. The van der Waals surface area contributed by atoms with Gasteiger partial charge in [0.25, 0.3) is 0 Å². The van der Waals surface area contributed by atoms with Gasteiger partial charge in [0.15, 0.2) is 0 Å². The molecule has 0 spiro atoms. The Morgan fingerprint density at radius 1 is 1.30 bits per heavy atom. The SMILES string of the molecule is C#S(=O)c1ccc(C)cc1. The van der Waals surface area contributed by atoms with Gasteiger partial charge in [0.05, 0.1) is 15.1 Å². The molecular formula is C8H8OS. The van der Waals surface area contributed by atoms with Gasteiger partial charge in [0, 0.05) is 0 Å². The van der Waals surface area contributed by atoms with Crippen molar-refractivity contribution in [3.8, 4) is 5.69 Å². The number of hydrogen-bond donors (Lipinski definition) is 0. The van der Waals surface area contributed by atoms with E-state index in [2.05, 4.69) is 0 Å². The van der Waals surface area contributed by atoms with Crippen LogP contribution in [-0.2, 0) is 10.2 Å². The maximum absolute atomic E-state index is 10.6. The summed E-state index contributed by atoms with van der Waals surface area (Å²) in [5.74, 6) is 0. The van der Waals surface area contributed by atoms with Crippen LogP contribution in [0.2, 0.25) is 0 Å². The number of rotatable bonds is 0. The van der Waals surface area contributed by atoms with Gasteiger partial charge in [-0.05, 0) is 19.1 Å². The highest BCUT2D eigenvalue weighted by Gasteiger charge is 1.87. The third-order valence-electron chi connectivity index (χ3n) is 1.25. The van der Waals surface area contributed by atoms with E-state index >= 15 is 0 Å². The average Bonchev–Trinajstić information content (AvgIpc) is 1.88. The highest BCUT2D eigenvalue weighted by Crippen LogP contribution is 2.02. The van der Waals surface area contributed by atoms with E-state index in [1.807, 2.05) is 19.1 Å². The molecule has 0 fully saturated rings. The summed E-state index contributed by atoms with van der Waals surface area (Å²) < 4.78 is 10.6. The Hall–Kier alpha value is -0.980. The summed E-state index contributed by atoms with van der Waals surface area (Å²) in [6, 6.07) is 7.32. The van der Waals surface area contributed by atoms with Crippen LogP contribution in [0.3, 0.4) is 0 Å². The molecule has 0 saturated heterocycles. The van der Waals surface area contributed by atoms with Crippen LogP contribution in [0.5, 0.6) is 0 Å². The molecule has 1 aromatic carbocycles. The van der Waals surface area contributed by atoms with Gasteiger partial charge in [0.2, 0.25) is 0 Å². The lowest BCUT2D eigenvalue weighted by atomic mass is 10.2. The van der Waals surface area contributed by atoms with Crippen molar-refractivity contribution < 1.29 is 4.21 Å². The molecule has 10 heavy (non-hydrogen) atoms. The van der Waals surface area contributed by atoms with Crippen LogP contribution in [0.4, 0.5) is 0 Å². The van der Waals surface area contributed by atoms with E-state index < -0.39 is 10.2 Å². The molecule has 0 amide bonds. The molecular weight excluding hydrogens is 144 g/mol. The van der Waals surface area contributed by atoms with Crippen molar-refractivity contribution in [1.82, 2.24) is 0 Å². The molecule has 0 aliphatic rings. The first-order valence-corrected chi connectivity index (χ1v) is 4.14. The molecule has 1 rings (SSSR count). The minimum atomic E-state index is -1.34. The predicted molar refractivity (Wildman–Crippen MR) is 42.5 cm³/mol. The second-order valence-corrected chi connectivity index (χ2v) is 3.18. The average molecular weight is 152 g/mol. The van der Waals surface area contributed by atoms with E-state index in [9.17, 15) is 4.21 Å². The lowest BCUT2D eigenvalue weighted by molar-refractivity contribution is 0.692. The van der Waals surface area contributed by atoms with E-state index in [-0.39, 0.29) is 0 Å². The molecule has 0 aliphatic heterocycles. The molecule has 52 valence electrons. The van der Waals surface area contributed by atoms with E-state index in [1.165, 1.54) is 0 Å². The maximum Gasteiger partial charge on any atom is 0.0627 e. The minimum absolute atomic E-state index is 0.672. The second kappa shape index (κ2) is 2.74. The molecule has 0 aliphatic carbocycles. The topological polar surface area (TPSA) is 17.1 Å². The van der Waals surface area contributed by atoms with E-state index in [0.29, 0.717) is 4.90 Å². The molecule has 0 radical (unpaired) electrons. The monoisotopic (exact) mass is 152 g/mol. The maximum atomic E-state index is 10.6. The van der Waals surface area contributed by atoms with E-state index in [0.717, 1.165) is 5.56 Å². The lowest BCUT2D eigenvalue weighted by Gasteiger charge is -1.90. The van der Waals surface area contributed by atoms with Crippen molar-refractivity contribution in [1.29, 1.82) is 0 Å². The van der Waals surface area contributed by atoms with Gasteiger partial charge in [-0.15, -0.1) is 0 Å². The summed E-state index contributed by atoms with van der Waals surface area (Å²) in [5, 5.41) is 0. The number of aryl methyl sites for hydroxylation is 1. The quantitative estimate of drug-likeness (QED) is 0.553. The largest absolute Gasteiger partial charge is 0.217 e. The molecule has 0 aromatic heterocycles. The van der Waals surface area contributed by atoms with Gasteiger partial charge >= 0.3 is 0 Å². The fraction of sp³-hybridized carbons (Fsp3) is 0.125. The Morgan fingerprint density at radius 3 is 2.20 bits per heavy atom. The van der Waals surface area contributed by atoms with Crippen molar-refractivity contribution in [2.45, 2.75) is 11.8 Å². The summed E-state index contributed by atoms with van der Waals surface area (Å²) in [5.41, 5.74) is 6.28. The summed E-state index contributed by atoms with van der Waals surface area (Å²) >= 11 is 0. The van der Waals surface area contributed by atoms with Gasteiger partial charge in [-0.1, -0.05) is 23.4 Å². The minimum Gasteiger partial charge on any atom is -0.217 e. The van der Waals surface area contributed by atoms with Crippen LogP contribution in [0.25, 0.3) is 0 Å². The van der Waals surface area contributed by atoms with Crippen molar-refractivity contribution >= 4 is 10.2 Å². The first kappa shape index (κ1) is 7.13. The van der Waals surface area contributed by atoms with Crippen LogP contribution in [0.15, 0.2) is 29.2 Å². The van der Waals surface area contributed by atoms with Gasteiger partial charge in [-0.25, -0.2) is 4.21 Å². The Labute approximate surface area is 62.4 Å². The molecule has 0 atom stereocenters. The van der Waals surface area contributed by atoms with E-state index in [4.69, 9.17) is 5.69 Å². The van der Waals surface area contributed by atoms with Crippen LogP contribution < -0.4 is 0 Å². The van der Waals surface area contributed by atoms with Crippen LogP contribution in [-0.4, -0.2) is 4.21 Å². The standard InChI is InChI=1S/C8H8OS/c1-7-3-5-8(6-4-7)10(2)9/h2-6H,1H3. The van der Waals surface area contributed by atoms with E-state index in [1.54, 1.807) is 12.1 Å². The third-order valence-corrected chi connectivity index (χ3v) is 1.99. The van der Waals surface area contributed by atoms with Crippen LogP contribution >= 0.6 is 0 Å². The molecule has 1 aromatic rings. The molecule has 0 unspecified atom stereocenters. The lowest BCUT2D eigenvalue weighted by Crippen LogP contribution is -1.75. The van der Waals surface area contributed by atoms with Crippen molar-refractivity contribution in [3.63, 3.8) is 0 Å². The number of hydrogen-bond acceptors (Lipinski definition) is 1. The van der Waals surface area contributed by atoms with Gasteiger partial charge < -0.3 is 0 Å². The smallest absolute Gasteiger partial charge is 0.0627 e. The molecule has 0 bridgehead atoms. The summed E-state index contributed by atoms with van der Waals surface area (Å²) in [6.45, 7) is 1.98. The van der Waals surface area contributed by atoms with Gasteiger partial charge in [-0.3, -0.25) is 0 Å². The highest BCUT2D eigenvalue weighted by atomic mass is 32.2. The van der Waals surface area contributed by atoms with Crippen molar-refractivity contribution in [2.24, 2.45) is 0 Å². The highest BCUT2D eigenvalue weighted by molar-refractivity contribution is 7.73. The van der Waals surface area contributed by atoms with Crippen molar-refractivity contribution in [3.05, 3.63) is 29.8 Å². The Kier molecular flexibility index (Phi) is 1.95. The molecule has 0 heterocycles. The zero-order valence-electron chi connectivity index (χ0n) is 5.70. The predicted octanol–water partition coefficient (Wildman–Crippen LogP) is 1.69. The van der Waals surface area contributed by atoms with Gasteiger partial charge in [0.1, 0.15) is 0 Å². The normalized spacial score (nSPS) is 9.20. The Balaban J connectivity index is 3.16. The van der Waals surface area contributed by atoms with Crippen LogP contribution in [0, 0.1) is 12.6 Å². The fourth-order valence-corrected chi connectivity index (χ4v) is 1.08. The number of benzene rings is 1. The van der Waals surface area contributed by atoms with Crippen molar-refractivity contribution in [2.75, 3.05) is 0 Å². The van der Waals surface area contributed by atoms with Crippen LogP contribution in [0.1, 0.15) is 5.56 Å².